The van der Waals surface area contributed by atoms with Gasteiger partial charge in [-0.25, -0.2) is 4.68 Å². The zero-order valence-corrected chi connectivity index (χ0v) is 12.4. The molecule has 0 aromatic carbocycles. The Kier molecular flexibility index (Phi) is 4.86. The number of methoxy groups -OCH3 is 1. The van der Waals surface area contributed by atoms with E-state index in [0.29, 0.717) is 18.4 Å². The van der Waals surface area contributed by atoms with Crippen LogP contribution in [0.1, 0.15) is 69.2 Å². The molecule has 0 bridgehead atoms. The van der Waals surface area contributed by atoms with Crippen molar-refractivity contribution in [3.05, 3.63) is 11.3 Å². The molecule has 1 aromatic rings. The van der Waals surface area contributed by atoms with Crippen molar-refractivity contribution in [2.75, 3.05) is 13.7 Å². The van der Waals surface area contributed by atoms with Gasteiger partial charge < -0.3 is 9.84 Å². The van der Waals surface area contributed by atoms with Crippen molar-refractivity contribution in [1.29, 1.82) is 0 Å². The van der Waals surface area contributed by atoms with E-state index in [0.717, 1.165) is 17.1 Å². The third-order valence-electron chi connectivity index (χ3n) is 4.01. The van der Waals surface area contributed by atoms with Gasteiger partial charge in [-0.15, -0.1) is 0 Å². The summed E-state index contributed by atoms with van der Waals surface area (Å²) in [5.74, 6) is 1.23. The third-order valence-corrected chi connectivity index (χ3v) is 4.01. The zero-order chi connectivity index (χ0) is 13.8. The Labute approximate surface area is 115 Å². The van der Waals surface area contributed by atoms with Gasteiger partial charge >= 0.3 is 0 Å². The van der Waals surface area contributed by atoms with Crippen LogP contribution >= 0.6 is 0 Å². The number of aliphatic hydroxyl groups excluding tert-OH is 1. The highest BCUT2D eigenvalue weighted by atomic mass is 16.5. The average molecular weight is 266 g/mol. The summed E-state index contributed by atoms with van der Waals surface area (Å²) >= 11 is 0. The Balaban J connectivity index is 2.38. The molecule has 0 unspecified atom stereocenters. The second-order valence-electron chi connectivity index (χ2n) is 5.74. The summed E-state index contributed by atoms with van der Waals surface area (Å²) in [5, 5.41) is 14.1. The van der Waals surface area contributed by atoms with Crippen LogP contribution in [0.4, 0.5) is 0 Å². The van der Waals surface area contributed by atoms with Crippen molar-refractivity contribution < 1.29 is 9.84 Å². The summed E-state index contributed by atoms with van der Waals surface area (Å²) in [4.78, 5) is 0. The van der Waals surface area contributed by atoms with Crippen LogP contribution < -0.4 is 4.74 Å². The molecule has 1 aliphatic carbocycles. The third kappa shape index (κ3) is 2.94. The van der Waals surface area contributed by atoms with E-state index in [1.165, 1.54) is 32.1 Å². The predicted molar refractivity (Wildman–Crippen MR) is 75.8 cm³/mol. The van der Waals surface area contributed by atoms with Crippen LogP contribution in [0.25, 0.3) is 0 Å². The summed E-state index contributed by atoms with van der Waals surface area (Å²) in [6, 6.07) is 0.466. The van der Waals surface area contributed by atoms with Crippen LogP contribution in [0.3, 0.4) is 0 Å². The number of hydrogen-bond acceptors (Lipinski definition) is 3. The van der Waals surface area contributed by atoms with Gasteiger partial charge in [0.05, 0.1) is 18.8 Å². The monoisotopic (exact) mass is 266 g/mol. The quantitative estimate of drug-likeness (QED) is 0.891. The maximum atomic E-state index is 9.27. The van der Waals surface area contributed by atoms with Gasteiger partial charge in [-0.2, -0.15) is 5.10 Å². The maximum Gasteiger partial charge on any atom is 0.215 e. The molecule has 0 radical (unpaired) electrons. The highest BCUT2D eigenvalue weighted by Gasteiger charge is 2.25. The molecule has 0 atom stereocenters. The van der Waals surface area contributed by atoms with Crippen LogP contribution in [0.2, 0.25) is 0 Å². The van der Waals surface area contributed by atoms with E-state index >= 15 is 0 Å². The zero-order valence-electron chi connectivity index (χ0n) is 12.4. The first-order valence-electron chi connectivity index (χ1n) is 7.45. The standard InChI is InChI=1S/C15H26N2O2/c1-11(2)14-13(9-10-18)15(19-3)17(16-14)12-7-5-4-6-8-12/h11-12,18H,4-10H2,1-3H3. The first-order chi connectivity index (χ1) is 9.19. The normalized spacial score (nSPS) is 17.1. The Morgan fingerprint density at radius 1 is 1.32 bits per heavy atom. The van der Waals surface area contributed by atoms with Crippen molar-refractivity contribution in [2.24, 2.45) is 0 Å². The van der Waals surface area contributed by atoms with E-state index in [9.17, 15) is 5.11 Å². The Hall–Kier alpha value is -1.03. The molecule has 0 spiro atoms. The van der Waals surface area contributed by atoms with Crippen LogP contribution in [-0.2, 0) is 6.42 Å². The molecule has 1 aliphatic rings. The maximum absolute atomic E-state index is 9.27. The summed E-state index contributed by atoms with van der Waals surface area (Å²) in [7, 11) is 1.71. The lowest BCUT2D eigenvalue weighted by Crippen LogP contribution is -2.15. The van der Waals surface area contributed by atoms with E-state index in [1.54, 1.807) is 7.11 Å². The average Bonchev–Trinajstić information content (AvgIpc) is 2.79. The van der Waals surface area contributed by atoms with Gasteiger partial charge in [-0.05, 0) is 18.8 Å². The fourth-order valence-electron chi connectivity index (χ4n) is 3.07. The molecule has 1 heterocycles. The molecule has 19 heavy (non-hydrogen) atoms. The van der Waals surface area contributed by atoms with E-state index in [1.807, 2.05) is 0 Å². The summed E-state index contributed by atoms with van der Waals surface area (Å²) in [6.45, 7) is 4.44. The van der Waals surface area contributed by atoms with Gasteiger partial charge in [-0.3, -0.25) is 0 Å². The van der Waals surface area contributed by atoms with Gasteiger partial charge in [0.1, 0.15) is 0 Å². The van der Waals surface area contributed by atoms with E-state index in [4.69, 9.17) is 9.84 Å². The van der Waals surface area contributed by atoms with E-state index in [-0.39, 0.29) is 6.61 Å². The summed E-state index contributed by atoms with van der Waals surface area (Å²) < 4.78 is 7.69. The molecule has 4 nitrogen and oxygen atoms in total. The second-order valence-corrected chi connectivity index (χ2v) is 5.74. The highest BCUT2D eigenvalue weighted by Crippen LogP contribution is 2.36. The van der Waals surface area contributed by atoms with Gasteiger partial charge in [-0.1, -0.05) is 33.1 Å². The molecule has 0 amide bonds. The number of aliphatic hydroxyl groups is 1. The van der Waals surface area contributed by atoms with Gasteiger partial charge in [0.15, 0.2) is 0 Å². The Bertz CT molecular complexity index is 407. The van der Waals surface area contributed by atoms with Crippen molar-refractivity contribution >= 4 is 0 Å². The van der Waals surface area contributed by atoms with Crippen LogP contribution in [-0.4, -0.2) is 28.6 Å². The lowest BCUT2D eigenvalue weighted by molar-refractivity contribution is 0.273. The Morgan fingerprint density at radius 2 is 2.00 bits per heavy atom. The molecule has 0 aliphatic heterocycles. The lowest BCUT2D eigenvalue weighted by Gasteiger charge is -2.23. The van der Waals surface area contributed by atoms with E-state index < -0.39 is 0 Å². The first kappa shape index (κ1) is 14.4. The largest absolute Gasteiger partial charge is 0.481 e. The lowest BCUT2D eigenvalue weighted by atomic mass is 9.95. The molecule has 2 rings (SSSR count). The molecule has 108 valence electrons. The molecule has 4 heteroatoms. The van der Waals surface area contributed by atoms with Crippen LogP contribution in [0.5, 0.6) is 5.88 Å². The molecule has 0 saturated heterocycles. The minimum Gasteiger partial charge on any atom is -0.481 e. The second kappa shape index (κ2) is 6.42. The number of rotatable bonds is 5. The minimum absolute atomic E-state index is 0.145. The smallest absolute Gasteiger partial charge is 0.215 e. The molecular formula is C15H26N2O2. The van der Waals surface area contributed by atoms with E-state index in [2.05, 4.69) is 18.5 Å². The number of hydrogen-bond donors (Lipinski definition) is 1. The number of aromatic nitrogens is 2. The predicted octanol–water partition coefficient (Wildman–Crippen LogP) is 3.06. The van der Waals surface area contributed by atoms with Crippen molar-refractivity contribution in [2.45, 2.75) is 64.3 Å². The number of ether oxygens (including phenoxy) is 1. The molecule has 1 fully saturated rings. The van der Waals surface area contributed by atoms with Gasteiger partial charge in [0.25, 0.3) is 0 Å². The topological polar surface area (TPSA) is 47.3 Å². The highest BCUT2D eigenvalue weighted by molar-refractivity contribution is 5.34. The molecule has 1 aromatic heterocycles. The van der Waals surface area contributed by atoms with Gasteiger partial charge in [0.2, 0.25) is 5.88 Å². The molecule has 1 saturated carbocycles. The van der Waals surface area contributed by atoms with Gasteiger partial charge in [0, 0.05) is 18.6 Å². The van der Waals surface area contributed by atoms with Crippen molar-refractivity contribution in [1.82, 2.24) is 9.78 Å². The first-order valence-corrected chi connectivity index (χ1v) is 7.45. The van der Waals surface area contributed by atoms with Crippen LogP contribution in [0.15, 0.2) is 0 Å². The van der Waals surface area contributed by atoms with Crippen LogP contribution in [0, 0.1) is 0 Å². The molecule has 1 N–H and O–H groups in total. The van der Waals surface area contributed by atoms with Crippen molar-refractivity contribution in [3.63, 3.8) is 0 Å². The number of nitrogens with zero attached hydrogens (tertiary/aromatic N) is 2. The summed E-state index contributed by atoms with van der Waals surface area (Å²) in [6.07, 6.45) is 6.90. The fourth-order valence-corrected chi connectivity index (χ4v) is 3.07. The minimum atomic E-state index is 0.145. The molecular weight excluding hydrogens is 240 g/mol. The van der Waals surface area contributed by atoms with Crippen molar-refractivity contribution in [3.8, 4) is 5.88 Å². The summed E-state index contributed by atoms with van der Waals surface area (Å²) in [5.41, 5.74) is 2.17. The Morgan fingerprint density at radius 3 is 2.53 bits per heavy atom. The fraction of sp³-hybridized carbons (Fsp3) is 0.800. The SMILES string of the molecule is COc1c(CCO)c(C(C)C)nn1C1CCCCC1.